The number of β-lactam (4-membered cyclic amide) rings is 1. The molecule has 0 saturated carbocycles. The molecule has 2 atom stereocenters. The van der Waals surface area contributed by atoms with Gasteiger partial charge in [0.05, 0.1) is 18.8 Å². The van der Waals surface area contributed by atoms with Crippen LogP contribution in [0.1, 0.15) is 25.1 Å². The van der Waals surface area contributed by atoms with Crippen LogP contribution < -0.4 is 15.6 Å². The van der Waals surface area contributed by atoms with Crippen LogP contribution in [0.15, 0.2) is 35.2 Å². The third-order valence-electron chi connectivity index (χ3n) is 6.04. The number of thiazole rings is 1. The van der Waals surface area contributed by atoms with E-state index in [4.69, 9.17) is 10.6 Å². The lowest BCUT2D eigenvalue weighted by Gasteiger charge is -2.47. The van der Waals surface area contributed by atoms with E-state index in [1.807, 2.05) is 30.8 Å². The van der Waals surface area contributed by atoms with Gasteiger partial charge in [0.2, 0.25) is 5.60 Å². The van der Waals surface area contributed by atoms with Gasteiger partial charge in [0.1, 0.15) is 24.5 Å². The van der Waals surface area contributed by atoms with Gasteiger partial charge in [-0.1, -0.05) is 10.4 Å². The minimum Gasteiger partial charge on any atom is -0.731 e. The molecule has 218 valence electrons. The molecule has 4 rings (SSSR count). The quantitative estimate of drug-likeness (QED) is 0.0789. The van der Waals surface area contributed by atoms with Crippen LogP contribution in [0.3, 0.4) is 0 Å². The highest BCUT2D eigenvalue weighted by Crippen LogP contribution is 2.26. The average molecular weight is 608 g/mol. The van der Waals surface area contributed by atoms with E-state index in [2.05, 4.69) is 25.8 Å². The molecule has 1 saturated heterocycles. The van der Waals surface area contributed by atoms with Gasteiger partial charge in [-0.15, -0.1) is 16.4 Å². The summed E-state index contributed by atoms with van der Waals surface area (Å²) in [6.45, 7) is 3.93. The largest absolute Gasteiger partial charge is 0.731 e. The van der Waals surface area contributed by atoms with Gasteiger partial charge in [0.15, 0.2) is 33.5 Å². The van der Waals surface area contributed by atoms with Crippen molar-refractivity contribution in [3.8, 4) is 11.3 Å². The van der Waals surface area contributed by atoms with Crippen LogP contribution in [-0.4, -0.2) is 83.5 Å². The molecule has 4 heterocycles. The molecular weight excluding hydrogens is 582 g/mol. The molecule has 41 heavy (non-hydrogen) atoms. The maximum atomic E-state index is 13.2. The van der Waals surface area contributed by atoms with Crippen LogP contribution in [0.25, 0.3) is 11.3 Å². The number of carboxylic acid groups (broad SMARTS) is 1. The lowest BCUT2D eigenvalue weighted by Crippen LogP contribution is -2.73. The number of nitrogens with zero attached hydrogens (tertiary/aromatic N) is 7. The zero-order valence-electron chi connectivity index (χ0n) is 22.1. The molecule has 3 aromatic heterocycles. The Balaban J connectivity index is 1.61. The molecule has 0 spiro atoms. The van der Waals surface area contributed by atoms with Gasteiger partial charge >= 0.3 is 5.97 Å². The second-order valence-electron chi connectivity index (χ2n) is 9.56. The number of hydrogen-bond donors (Lipinski definition) is 3. The molecular formula is C22H25N9O8S2. The number of aromatic nitrogens is 5. The highest BCUT2D eigenvalue weighted by Gasteiger charge is 2.52. The van der Waals surface area contributed by atoms with Gasteiger partial charge in [-0.05, 0) is 20.8 Å². The summed E-state index contributed by atoms with van der Waals surface area (Å²) < 4.78 is 38.8. The fraction of sp³-hybridized carbons (Fsp3) is 0.364. The lowest BCUT2D eigenvalue weighted by atomic mass is 9.98. The number of nitrogens with two attached hydrogens (primary N) is 1. The molecule has 0 radical (unpaired) electrons. The summed E-state index contributed by atoms with van der Waals surface area (Å²) in [5.74, 6) is -3.63. The zero-order chi connectivity index (χ0) is 30.3. The number of amides is 2. The molecule has 1 aliphatic heterocycles. The van der Waals surface area contributed by atoms with Crippen LogP contribution in [0.5, 0.6) is 0 Å². The second-order valence-corrected chi connectivity index (χ2v) is 11.7. The topological polar surface area (TPSA) is 239 Å². The molecule has 0 bridgehead atoms. The molecule has 1 fully saturated rings. The third kappa shape index (κ3) is 6.15. The second kappa shape index (κ2) is 10.8. The SMILES string of the molecule is Cc1c[n+](C)ccc1-c1cn(C[C@@H]2[C@H](NC(=O)/C(=N/OC(C)(C)C(=O)O)c3csc(N)n3)C(=O)N2S(=O)(=O)[O-])nn1. The summed E-state index contributed by atoms with van der Waals surface area (Å²) in [7, 11) is -3.39. The van der Waals surface area contributed by atoms with Crippen molar-refractivity contribution < 1.29 is 41.9 Å². The van der Waals surface area contributed by atoms with Gasteiger partial charge in [-0.25, -0.2) is 31.8 Å². The fourth-order valence-corrected chi connectivity index (χ4v) is 5.27. The first-order chi connectivity index (χ1) is 19.1. The van der Waals surface area contributed by atoms with Crippen molar-refractivity contribution in [3.63, 3.8) is 0 Å². The number of pyridine rings is 1. The van der Waals surface area contributed by atoms with E-state index in [0.29, 0.717) is 5.69 Å². The summed E-state index contributed by atoms with van der Waals surface area (Å²) in [4.78, 5) is 46.3. The Labute approximate surface area is 237 Å². The van der Waals surface area contributed by atoms with Crippen molar-refractivity contribution in [1.82, 2.24) is 29.6 Å². The van der Waals surface area contributed by atoms with Crippen molar-refractivity contribution in [3.05, 3.63) is 41.3 Å². The van der Waals surface area contributed by atoms with Gasteiger partial charge in [-0.2, -0.15) is 0 Å². The van der Waals surface area contributed by atoms with E-state index in [1.54, 1.807) is 6.20 Å². The van der Waals surface area contributed by atoms with Crippen molar-refractivity contribution >= 4 is 50.3 Å². The standard InChI is InChI=1S/C22H25N9O8S2/c1-11-7-29(4)6-5-12(11)13-8-30(28-26-13)9-15-17(19(33)31(15)41(36,37)38)25-18(32)16(14-10-40-21(23)24-14)27-39-22(2,3)20(34)35/h5-8,10,15,17H,9H2,1-4H3,(H4-,23,24,25,32,34,35,36,37,38)/b27-16+/t15-,17+/m1/s1. The molecule has 3 aromatic rings. The number of oxime groups is 1. The number of nitrogen functional groups attached to an aromatic ring is 1. The summed E-state index contributed by atoms with van der Waals surface area (Å²) in [5, 5.41) is 24.8. The van der Waals surface area contributed by atoms with E-state index >= 15 is 0 Å². The van der Waals surface area contributed by atoms with E-state index < -0.39 is 51.5 Å². The Morgan fingerprint density at radius 1 is 1.39 bits per heavy atom. The minimum atomic E-state index is -5.25. The first-order valence-electron chi connectivity index (χ1n) is 11.8. The monoisotopic (exact) mass is 607 g/mol. The van der Waals surface area contributed by atoms with Crippen molar-refractivity contribution in [2.45, 2.75) is 45.0 Å². The maximum Gasteiger partial charge on any atom is 0.350 e. The van der Waals surface area contributed by atoms with Gasteiger partial charge in [-0.3, -0.25) is 9.59 Å². The van der Waals surface area contributed by atoms with Crippen LogP contribution in [-0.2, 0) is 43.1 Å². The number of hydrogen-bond acceptors (Lipinski definition) is 13. The summed E-state index contributed by atoms with van der Waals surface area (Å²) >= 11 is 0.956. The summed E-state index contributed by atoms with van der Waals surface area (Å²) in [5.41, 5.74) is 5.29. The maximum absolute atomic E-state index is 13.2. The van der Waals surface area contributed by atoms with E-state index in [9.17, 15) is 32.5 Å². The van der Waals surface area contributed by atoms with Crippen LogP contribution in [0.2, 0.25) is 0 Å². The molecule has 4 N–H and O–H groups in total. The molecule has 0 aliphatic carbocycles. The smallest absolute Gasteiger partial charge is 0.350 e. The van der Waals surface area contributed by atoms with Crippen molar-refractivity contribution in [2.75, 3.05) is 5.73 Å². The van der Waals surface area contributed by atoms with Crippen molar-refractivity contribution in [2.24, 2.45) is 12.2 Å². The molecule has 0 unspecified atom stereocenters. The number of carbonyl (C=O) groups excluding carboxylic acids is 2. The number of carboxylic acids is 1. The predicted octanol–water partition coefficient (Wildman–Crippen LogP) is -1.44. The van der Waals surface area contributed by atoms with E-state index in [0.717, 1.165) is 22.5 Å². The van der Waals surface area contributed by atoms with E-state index in [-0.39, 0.29) is 21.7 Å². The molecule has 2 amide bonds. The number of aryl methyl sites for hydroxylation is 2. The lowest BCUT2D eigenvalue weighted by molar-refractivity contribution is -0.671. The normalized spacial score (nSPS) is 17.7. The predicted molar refractivity (Wildman–Crippen MR) is 139 cm³/mol. The molecule has 19 heteroatoms. The van der Waals surface area contributed by atoms with Gasteiger partial charge in [0.25, 0.3) is 11.8 Å². The highest BCUT2D eigenvalue weighted by atomic mass is 32.2. The van der Waals surface area contributed by atoms with Crippen LogP contribution in [0, 0.1) is 6.92 Å². The highest BCUT2D eigenvalue weighted by molar-refractivity contribution is 7.84. The number of carbonyl (C=O) groups is 3. The zero-order valence-corrected chi connectivity index (χ0v) is 23.7. The average Bonchev–Trinajstić information content (AvgIpc) is 3.50. The van der Waals surface area contributed by atoms with Gasteiger partial charge < -0.3 is 25.5 Å². The first-order valence-corrected chi connectivity index (χ1v) is 14.0. The summed E-state index contributed by atoms with van der Waals surface area (Å²) in [6, 6.07) is -1.05. The van der Waals surface area contributed by atoms with Crippen molar-refractivity contribution in [1.29, 1.82) is 0 Å². The first kappa shape index (κ1) is 29.5. The third-order valence-corrected chi connectivity index (χ3v) is 7.65. The van der Waals surface area contributed by atoms with Crippen LogP contribution in [0.4, 0.5) is 5.13 Å². The Morgan fingerprint density at radius 2 is 2.10 bits per heavy atom. The number of rotatable bonds is 10. The summed E-state index contributed by atoms with van der Waals surface area (Å²) in [6.07, 6.45) is 5.18. The van der Waals surface area contributed by atoms with E-state index in [1.165, 1.54) is 30.1 Å². The Hall–Kier alpha value is -4.49. The number of nitrogens with one attached hydrogen (secondary N) is 1. The van der Waals surface area contributed by atoms with Crippen LogP contribution >= 0.6 is 11.3 Å². The minimum absolute atomic E-state index is 0.0589. The molecule has 1 aliphatic rings. The number of aliphatic carboxylic acids is 1. The molecule has 0 aromatic carbocycles. The Morgan fingerprint density at radius 3 is 2.68 bits per heavy atom. The van der Waals surface area contributed by atoms with Gasteiger partial charge in [0, 0.05) is 22.6 Å². The Bertz CT molecular complexity index is 1660. The number of anilines is 1. The fourth-order valence-electron chi connectivity index (χ4n) is 3.87. The Kier molecular flexibility index (Phi) is 7.78. The molecule has 17 nitrogen and oxygen atoms in total.